The molecule has 0 saturated heterocycles. The van der Waals surface area contributed by atoms with Crippen LogP contribution in [0, 0.1) is 6.92 Å². The molecule has 2 amide bonds. The molecule has 0 aromatic carbocycles. The Morgan fingerprint density at radius 3 is 2.96 bits per heavy atom. The van der Waals surface area contributed by atoms with E-state index in [0.29, 0.717) is 35.9 Å². The van der Waals surface area contributed by atoms with Crippen LogP contribution < -0.4 is 5.32 Å². The van der Waals surface area contributed by atoms with Crippen molar-refractivity contribution in [3.05, 3.63) is 50.8 Å². The number of hydrogen-bond donors (Lipinski definition) is 1. The molecule has 9 heteroatoms. The van der Waals surface area contributed by atoms with E-state index in [-0.39, 0.29) is 11.8 Å². The van der Waals surface area contributed by atoms with Crippen LogP contribution in [0.1, 0.15) is 36.4 Å². The Hall–Kier alpha value is -2.52. The Labute approximate surface area is 151 Å². The third-order valence-corrected chi connectivity index (χ3v) is 5.63. The summed E-state index contributed by atoms with van der Waals surface area (Å²) in [6.45, 7) is 2.97. The highest BCUT2D eigenvalue weighted by Crippen LogP contribution is 2.29. The minimum Gasteiger partial charge on any atom is -0.472 e. The SMILES string of the molecule is Cc1nc(C(=O)N2CCc3nc(NC(=O)c4ccoc4)sc3C2)cs1. The number of anilines is 1. The lowest BCUT2D eigenvalue weighted by molar-refractivity contribution is 0.0730. The summed E-state index contributed by atoms with van der Waals surface area (Å²) in [5.41, 5.74) is 1.87. The number of fused-ring (bicyclic) bond motifs is 1. The number of rotatable bonds is 3. The minimum atomic E-state index is -0.259. The van der Waals surface area contributed by atoms with Crippen molar-refractivity contribution in [2.24, 2.45) is 0 Å². The summed E-state index contributed by atoms with van der Waals surface area (Å²) in [5.74, 6) is -0.321. The first-order chi connectivity index (χ1) is 12.1. The predicted molar refractivity (Wildman–Crippen MR) is 94.1 cm³/mol. The lowest BCUT2D eigenvalue weighted by Gasteiger charge is -2.25. The van der Waals surface area contributed by atoms with E-state index in [1.165, 1.54) is 35.2 Å². The molecule has 25 heavy (non-hydrogen) atoms. The van der Waals surface area contributed by atoms with Crippen LogP contribution in [-0.4, -0.2) is 33.2 Å². The maximum absolute atomic E-state index is 12.5. The Kier molecular flexibility index (Phi) is 4.10. The zero-order valence-corrected chi connectivity index (χ0v) is 14.9. The van der Waals surface area contributed by atoms with E-state index in [1.807, 2.05) is 6.92 Å². The molecular formula is C16H14N4O3S2. The normalized spacial score (nSPS) is 13.6. The second kappa shape index (κ2) is 6.41. The van der Waals surface area contributed by atoms with Crippen LogP contribution in [0.25, 0.3) is 0 Å². The Bertz CT molecular complexity index is 929. The van der Waals surface area contributed by atoms with Gasteiger partial charge in [-0.25, -0.2) is 9.97 Å². The van der Waals surface area contributed by atoms with E-state index in [2.05, 4.69) is 15.3 Å². The zero-order valence-electron chi connectivity index (χ0n) is 13.3. The third-order valence-electron chi connectivity index (χ3n) is 3.86. The molecule has 3 aromatic rings. The fraction of sp³-hybridized carbons (Fsp3) is 0.250. The molecule has 4 rings (SSSR count). The molecule has 0 atom stereocenters. The monoisotopic (exact) mass is 374 g/mol. The highest BCUT2D eigenvalue weighted by Gasteiger charge is 2.26. The van der Waals surface area contributed by atoms with Gasteiger partial charge < -0.3 is 9.32 Å². The lowest BCUT2D eigenvalue weighted by Crippen LogP contribution is -2.35. The molecule has 3 aromatic heterocycles. The van der Waals surface area contributed by atoms with E-state index in [0.717, 1.165) is 15.6 Å². The summed E-state index contributed by atoms with van der Waals surface area (Å²) in [4.78, 5) is 36.1. The molecule has 0 fully saturated rings. The van der Waals surface area contributed by atoms with E-state index in [4.69, 9.17) is 4.42 Å². The predicted octanol–water partition coefficient (Wildman–Crippen LogP) is 2.95. The molecule has 0 radical (unpaired) electrons. The summed E-state index contributed by atoms with van der Waals surface area (Å²) in [6, 6.07) is 1.60. The van der Waals surface area contributed by atoms with E-state index in [1.54, 1.807) is 16.3 Å². The molecule has 0 unspecified atom stereocenters. The van der Waals surface area contributed by atoms with E-state index in [9.17, 15) is 9.59 Å². The van der Waals surface area contributed by atoms with Crippen molar-refractivity contribution in [3.63, 3.8) is 0 Å². The van der Waals surface area contributed by atoms with Gasteiger partial charge in [0.05, 0.1) is 29.1 Å². The number of hydrogen-bond acceptors (Lipinski definition) is 7. The molecule has 1 aliphatic rings. The number of thiazole rings is 2. The summed E-state index contributed by atoms with van der Waals surface area (Å²) in [7, 11) is 0. The molecule has 0 aliphatic carbocycles. The first-order valence-corrected chi connectivity index (χ1v) is 9.33. The van der Waals surface area contributed by atoms with Gasteiger partial charge in [-0.2, -0.15) is 0 Å². The molecular weight excluding hydrogens is 360 g/mol. The topological polar surface area (TPSA) is 88.3 Å². The van der Waals surface area contributed by atoms with Gasteiger partial charge in [-0.15, -0.1) is 11.3 Å². The number of carbonyl (C=O) groups is 2. The number of nitrogens with one attached hydrogen (secondary N) is 1. The average Bonchev–Trinajstić information content (AvgIpc) is 3.33. The molecule has 1 N–H and O–H groups in total. The minimum absolute atomic E-state index is 0.0626. The van der Waals surface area contributed by atoms with Crippen molar-refractivity contribution in [3.8, 4) is 0 Å². The first kappa shape index (κ1) is 16.0. The number of nitrogens with zero attached hydrogens (tertiary/aromatic N) is 3. The Morgan fingerprint density at radius 2 is 2.24 bits per heavy atom. The van der Waals surface area contributed by atoms with Gasteiger partial charge in [0, 0.05) is 23.2 Å². The number of aromatic nitrogens is 2. The van der Waals surface area contributed by atoms with Crippen LogP contribution in [-0.2, 0) is 13.0 Å². The number of aryl methyl sites for hydroxylation is 1. The van der Waals surface area contributed by atoms with Crippen LogP contribution in [0.15, 0.2) is 28.4 Å². The molecule has 7 nitrogen and oxygen atoms in total. The number of amides is 2. The second-order valence-electron chi connectivity index (χ2n) is 5.58. The van der Waals surface area contributed by atoms with Gasteiger partial charge in [-0.3, -0.25) is 14.9 Å². The fourth-order valence-corrected chi connectivity index (χ4v) is 4.21. The quantitative estimate of drug-likeness (QED) is 0.761. The van der Waals surface area contributed by atoms with Crippen molar-refractivity contribution in [1.82, 2.24) is 14.9 Å². The van der Waals surface area contributed by atoms with Crippen molar-refractivity contribution >= 4 is 39.6 Å². The number of furan rings is 1. The van der Waals surface area contributed by atoms with Crippen molar-refractivity contribution in [2.75, 3.05) is 11.9 Å². The largest absolute Gasteiger partial charge is 0.472 e. The van der Waals surface area contributed by atoms with E-state index >= 15 is 0 Å². The molecule has 0 bridgehead atoms. The highest BCUT2D eigenvalue weighted by atomic mass is 32.1. The highest BCUT2D eigenvalue weighted by molar-refractivity contribution is 7.15. The van der Waals surface area contributed by atoms with Gasteiger partial charge in [-0.1, -0.05) is 11.3 Å². The number of carbonyl (C=O) groups excluding carboxylic acids is 2. The van der Waals surface area contributed by atoms with Gasteiger partial charge in [0.1, 0.15) is 12.0 Å². The van der Waals surface area contributed by atoms with Gasteiger partial charge in [-0.05, 0) is 13.0 Å². The standard InChI is InChI=1S/C16H14N4O3S2/c1-9-17-12(8-24-9)15(22)20-4-2-11-13(6-20)25-16(18-11)19-14(21)10-3-5-23-7-10/h3,5,7-8H,2,4,6H2,1H3,(H,18,19,21). The second-order valence-corrected chi connectivity index (χ2v) is 7.73. The molecule has 0 spiro atoms. The summed E-state index contributed by atoms with van der Waals surface area (Å²) < 4.78 is 4.91. The summed E-state index contributed by atoms with van der Waals surface area (Å²) in [5, 5.41) is 5.98. The smallest absolute Gasteiger partial charge is 0.273 e. The Morgan fingerprint density at radius 1 is 1.36 bits per heavy atom. The first-order valence-electron chi connectivity index (χ1n) is 7.63. The zero-order chi connectivity index (χ0) is 17.4. The van der Waals surface area contributed by atoms with Crippen LogP contribution in [0.5, 0.6) is 0 Å². The van der Waals surface area contributed by atoms with Crippen molar-refractivity contribution < 1.29 is 14.0 Å². The molecule has 0 saturated carbocycles. The average molecular weight is 374 g/mol. The maximum Gasteiger partial charge on any atom is 0.273 e. The molecule has 4 heterocycles. The van der Waals surface area contributed by atoms with Gasteiger partial charge in [0.15, 0.2) is 5.13 Å². The summed E-state index contributed by atoms with van der Waals surface area (Å²) in [6.07, 6.45) is 3.51. The molecule has 1 aliphatic heterocycles. The van der Waals surface area contributed by atoms with Crippen molar-refractivity contribution in [2.45, 2.75) is 19.9 Å². The summed E-state index contributed by atoms with van der Waals surface area (Å²) >= 11 is 2.87. The maximum atomic E-state index is 12.5. The van der Waals surface area contributed by atoms with Crippen molar-refractivity contribution in [1.29, 1.82) is 0 Å². The van der Waals surface area contributed by atoms with Crippen LogP contribution in [0.4, 0.5) is 5.13 Å². The molecule has 128 valence electrons. The van der Waals surface area contributed by atoms with Gasteiger partial charge in [0.2, 0.25) is 0 Å². The third kappa shape index (κ3) is 3.20. The lowest BCUT2D eigenvalue weighted by atomic mass is 10.1. The Balaban J connectivity index is 1.47. The fourth-order valence-electron chi connectivity index (χ4n) is 2.61. The van der Waals surface area contributed by atoms with E-state index < -0.39 is 0 Å². The van der Waals surface area contributed by atoms with Crippen LogP contribution in [0.2, 0.25) is 0 Å². The van der Waals surface area contributed by atoms with Crippen LogP contribution in [0.3, 0.4) is 0 Å². The van der Waals surface area contributed by atoms with Gasteiger partial charge >= 0.3 is 0 Å². The van der Waals surface area contributed by atoms with Gasteiger partial charge in [0.25, 0.3) is 11.8 Å². The van der Waals surface area contributed by atoms with Crippen LogP contribution >= 0.6 is 22.7 Å².